The Morgan fingerprint density at radius 1 is 0.407 bits per heavy atom. The molecule has 0 spiro atoms. The Labute approximate surface area is 544 Å². The van der Waals surface area contributed by atoms with Crippen LogP contribution in [0.15, 0.2) is 182 Å². The van der Waals surface area contributed by atoms with Gasteiger partial charge in [-0.05, 0) is 59.4 Å². The molecule has 1 aliphatic rings. The standard InChI is InChI=1S/C79H105NO11/c1-3-5-6-7-8-9-10-11-12-13-14-15-16-17-18-19-20-21-22-23-42-56-72(81)80-69(73(91-78(83)68-54-40-29-41-55-68)70(43-4-2)89-77(82)67-52-38-28-39-53-67)61-88-79-76(87-60-66-50-36-27-37-51-66)75(86-59-65-48-34-26-35-49-65)74(85-58-64-46-32-25-33-47-64)71(90-79)62-84-57-63-44-30-24-31-45-63/h24-41,44-55,69-71,73-76,79H,3-23,42-43,56-62H2,1-2H3,(H,80,81)/t69-,70+,71+,73-,74-,75-,76+,79-/m0/s1. The predicted molar refractivity (Wildman–Crippen MR) is 361 cm³/mol. The van der Waals surface area contributed by atoms with Gasteiger partial charge in [0.05, 0.1) is 56.8 Å². The Balaban J connectivity index is 1.09. The molecule has 12 nitrogen and oxygen atoms in total. The van der Waals surface area contributed by atoms with E-state index in [4.69, 9.17) is 37.9 Å². The van der Waals surface area contributed by atoms with Crippen molar-refractivity contribution < 1.29 is 52.3 Å². The maximum atomic E-state index is 14.6. The molecule has 12 heteroatoms. The van der Waals surface area contributed by atoms with Gasteiger partial charge in [0.1, 0.15) is 30.5 Å². The number of ether oxygens (including phenoxy) is 8. The molecule has 1 amide bonds. The fraction of sp³-hybridized carbons (Fsp3) is 0.506. The number of unbranched alkanes of at least 4 members (excludes halogenated alkanes) is 20. The summed E-state index contributed by atoms with van der Waals surface area (Å²) in [6, 6.07) is 56.1. The molecular formula is C79H105NO11. The molecule has 0 unspecified atom stereocenters. The first-order valence-electron chi connectivity index (χ1n) is 34.5. The number of rotatable bonds is 47. The lowest BCUT2D eigenvalue weighted by molar-refractivity contribution is -0.329. The van der Waals surface area contributed by atoms with Crippen molar-refractivity contribution in [2.24, 2.45) is 0 Å². The Morgan fingerprint density at radius 2 is 0.780 bits per heavy atom. The summed E-state index contributed by atoms with van der Waals surface area (Å²) >= 11 is 0. The zero-order valence-electron chi connectivity index (χ0n) is 54.6. The Kier molecular flexibility index (Phi) is 34.9. The van der Waals surface area contributed by atoms with Gasteiger partial charge in [0.15, 0.2) is 12.4 Å². The van der Waals surface area contributed by atoms with Crippen LogP contribution in [0.4, 0.5) is 0 Å². The second-order valence-corrected chi connectivity index (χ2v) is 24.5. The fourth-order valence-electron chi connectivity index (χ4n) is 11.8. The highest BCUT2D eigenvalue weighted by atomic mass is 16.7. The lowest BCUT2D eigenvalue weighted by Crippen LogP contribution is -2.62. The summed E-state index contributed by atoms with van der Waals surface area (Å²) < 4.78 is 54.6. The molecule has 0 saturated carbocycles. The molecule has 0 radical (unpaired) electrons. The first-order valence-corrected chi connectivity index (χ1v) is 34.5. The van der Waals surface area contributed by atoms with Gasteiger partial charge in [0.25, 0.3) is 0 Å². The minimum atomic E-state index is -1.23. The molecule has 0 aliphatic carbocycles. The zero-order chi connectivity index (χ0) is 63.6. The summed E-state index contributed by atoms with van der Waals surface area (Å²) in [7, 11) is 0. The number of benzene rings is 6. The third-order valence-electron chi connectivity index (χ3n) is 17.0. The summed E-state index contributed by atoms with van der Waals surface area (Å²) in [4.78, 5) is 43.1. The summed E-state index contributed by atoms with van der Waals surface area (Å²) in [6.45, 7) is 5.04. The van der Waals surface area contributed by atoms with Crippen molar-refractivity contribution in [2.45, 2.75) is 243 Å². The van der Waals surface area contributed by atoms with E-state index in [9.17, 15) is 14.4 Å². The first-order chi connectivity index (χ1) is 44.9. The monoisotopic (exact) mass is 1240 g/mol. The van der Waals surface area contributed by atoms with Gasteiger partial charge in [-0.3, -0.25) is 4.79 Å². The molecule has 1 aliphatic heterocycles. The number of hydrogen-bond acceptors (Lipinski definition) is 11. The highest BCUT2D eigenvalue weighted by Gasteiger charge is 2.50. The highest BCUT2D eigenvalue weighted by Crippen LogP contribution is 2.33. The van der Waals surface area contributed by atoms with Crippen LogP contribution in [0.25, 0.3) is 0 Å². The summed E-state index contributed by atoms with van der Waals surface area (Å²) in [5.41, 5.74) is 4.45. The maximum Gasteiger partial charge on any atom is 0.338 e. The van der Waals surface area contributed by atoms with Gasteiger partial charge in [-0.2, -0.15) is 0 Å². The normalized spacial score (nSPS) is 17.4. The lowest BCUT2D eigenvalue weighted by atomic mass is 9.97. The van der Waals surface area contributed by atoms with Crippen LogP contribution >= 0.6 is 0 Å². The van der Waals surface area contributed by atoms with Crippen molar-refractivity contribution >= 4 is 17.8 Å². The van der Waals surface area contributed by atoms with Gasteiger partial charge in [0, 0.05) is 6.42 Å². The molecule has 1 heterocycles. The fourth-order valence-corrected chi connectivity index (χ4v) is 11.8. The average Bonchev–Trinajstić information content (AvgIpc) is 1.23. The van der Waals surface area contributed by atoms with Crippen LogP contribution in [-0.2, 0) is 69.1 Å². The number of esters is 2. The van der Waals surface area contributed by atoms with E-state index in [1.54, 1.807) is 48.5 Å². The van der Waals surface area contributed by atoms with Gasteiger partial charge in [-0.15, -0.1) is 0 Å². The summed E-state index contributed by atoms with van der Waals surface area (Å²) in [5.74, 6) is -1.48. The molecule has 492 valence electrons. The van der Waals surface area contributed by atoms with E-state index in [0.717, 1.165) is 41.5 Å². The Bertz CT molecular complexity index is 2810. The van der Waals surface area contributed by atoms with E-state index in [0.29, 0.717) is 37.0 Å². The van der Waals surface area contributed by atoms with Crippen LogP contribution < -0.4 is 5.32 Å². The molecule has 91 heavy (non-hydrogen) atoms. The number of hydrogen-bond donors (Lipinski definition) is 1. The molecule has 1 fully saturated rings. The van der Waals surface area contributed by atoms with E-state index in [-0.39, 0.29) is 45.4 Å². The molecule has 7 rings (SSSR count). The molecule has 1 N–H and O–H groups in total. The van der Waals surface area contributed by atoms with E-state index in [1.807, 2.05) is 140 Å². The molecule has 0 aromatic heterocycles. The Hall–Kier alpha value is -6.51. The zero-order valence-corrected chi connectivity index (χ0v) is 54.6. The minimum Gasteiger partial charge on any atom is -0.455 e. The van der Waals surface area contributed by atoms with Gasteiger partial charge < -0.3 is 43.2 Å². The molecular weight excluding hydrogens is 1140 g/mol. The van der Waals surface area contributed by atoms with Crippen molar-refractivity contribution in [1.82, 2.24) is 5.32 Å². The second-order valence-electron chi connectivity index (χ2n) is 24.5. The largest absolute Gasteiger partial charge is 0.455 e. The number of carbonyl (C=O) groups excluding carboxylic acids is 3. The van der Waals surface area contributed by atoms with Crippen molar-refractivity contribution in [3.63, 3.8) is 0 Å². The van der Waals surface area contributed by atoms with Crippen LogP contribution in [0, 0.1) is 0 Å². The average molecular weight is 1240 g/mol. The Morgan fingerprint density at radius 3 is 1.21 bits per heavy atom. The van der Waals surface area contributed by atoms with Crippen molar-refractivity contribution in [1.29, 1.82) is 0 Å². The van der Waals surface area contributed by atoms with Crippen molar-refractivity contribution in [3.8, 4) is 0 Å². The molecule has 8 atom stereocenters. The molecule has 0 bridgehead atoms. The van der Waals surface area contributed by atoms with Gasteiger partial charge in [-0.1, -0.05) is 306 Å². The van der Waals surface area contributed by atoms with Gasteiger partial charge in [0.2, 0.25) is 5.91 Å². The number of carbonyl (C=O) groups is 3. The first kappa shape index (κ1) is 71.9. The van der Waals surface area contributed by atoms with Crippen molar-refractivity contribution in [3.05, 3.63) is 215 Å². The predicted octanol–water partition coefficient (Wildman–Crippen LogP) is 18.0. The van der Waals surface area contributed by atoms with E-state index >= 15 is 0 Å². The van der Waals surface area contributed by atoms with Gasteiger partial charge in [-0.25, -0.2) is 9.59 Å². The molecule has 6 aromatic rings. The lowest BCUT2D eigenvalue weighted by Gasteiger charge is -2.46. The van der Waals surface area contributed by atoms with E-state index < -0.39 is 60.9 Å². The second kappa shape index (κ2) is 44.1. The SMILES string of the molecule is CCCCCCCCCCCCCCCCCCCCCCCC(=O)N[C@@H](CO[C@H]1O[C@H](COCc2ccccc2)[C@H](OCc2ccccc2)[C@H](OCc2ccccc2)[C@H]1OCc1ccccc1)[C@H](OC(=O)c1ccccc1)[C@@H](CCC)OC(=O)c1ccccc1. The van der Waals surface area contributed by atoms with Crippen molar-refractivity contribution in [2.75, 3.05) is 13.2 Å². The smallest absolute Gasteiger partial charge is 0.338 e. The molecule has 1 saturated heterocycles. The number of amides is 1. The summed E-state index contributed by atoms with van der Waals surface area (Å²) in [5, 5.41) is 3.26. The van der Waals surface area contributed by atoms with E-state index in [2.05, 4.69) is 12.2 Å². The van der Waals surface area contributed by atoms with Crippen LogP contribution in [0.2, 0.25) is 0 Å². The third kappa shape index (κ3) is 27.7. The maximum absolute atomic E-state index is 14.6. The van der Waals surface area contributed by atoms with E-state index in [1.165, 1.54) is 109 Å². The number of nitrogens with one attached hydrogen (secondary N) is 1. The highest BCUT2D eigenvalue weighted by molar-refractivity contribution is 5.90. The van der Waals surface area contributed by atoms with Gasteiger partial charge >= 0.3 is 11.9 Å². The van der Waals surface area contributed by atoms with Crippen LogP contribution in [0.5, 0.6) is 0 Å². The van der Waals surface area contributed by atoms with Crippen LogP contribution in [0.3, 0.4) is 0 Å². The quantitative estimate of drug-likeness (QED) is 0.0289. The third-order valence-corrected chi connectivity index (χ3v) is 17.0. The topological polar surface area (TPSA) is 137 Å². The minimum absolute atomic E-state index is 0.0931. The molecule has 6 aromatic carbocycles. The van der Waals surface area contributed by atoms with Crippen LogP contribution in [0.1, 0.15) is 211 Å². The summed E-state index contributed by atoms with van der Waals surface area (Å²) in [6.07, 6.45) is 21.1. The van der Waals surface area contributed by atoms with Crippen LogP contribution in [-0.4, -0.2) is 80.0 Å².